The Hall–Kier alpha value is -2.41. The highest BCUT2D eigenvalue weighted by Crippen LogP contribution is 2.38. The van der Waals surface area contributed by atoms with Gasteiger partial charge in [0.1, 0.15) is 5.82 Å². The first-order chi connectivity index (χ1) is 18.7. The van der Waals surface area contributed by atoms with E-state index >= 15 is 8.78 Å². The molecule has 2 amide bonds. The van der Waals surface area contributed by atoms with Crippen LogP contribution in [0.2, 0.25) is 23.2 Å². The average Bonchev–Trinajstić information content (AvgIpc) is 2.87. The van der Waals surface area contributed by atoms with Gasteiger partial charge < -0.3 is 24.7 Å². The summed E-state index contributed by atoms with van der Waals surface area (Å²) >= 11 is 6.03. The minimum Gasteiger partial charge on any atom is -0.414 e. The quantitative estimate of drug-likeness (QED) is 0.366. The van der Waals surface area contributed by atoms with Gasteiger partial charge in [0.15, 0.2) is 8.32 Å². The summed E-state index contributed by atoms with van der Waals surface area (Å²) in [4.78, 5) is 22.9. The molecule has 1 aromatic heterocycles. The maximum Gasteiger partial charge on any atom is 0.318 e. The Balaban J connectivity index is 1.54. The van der Waals surface area contributed by atoms with Gasteiger partial charge in [0.2, 0.25) is 5.95 Å². The number of anilines is 1. The number of aromatic nitrogens is 2. The molecule has 1 saturated heterocycles. The standard InChI is InChI=1S/C27H37ClF3N5O3Si/c1-26(2,3)40(4,5)39-15-23(17-6-7-21(29)20(28)12-17)35-25(37)36-14-22-19(27(30,31)16-36)13-32-24(34-22)33-18-8-10-38-11-9-18/h6-7,12-13,18,23H,8-11,14-16H2,1-5H3,(H,35,37)(H,32,33,34). The van der Waals surface area contributed by atoms with Crippen molar-refractivity contribution in [2.75, 3.05) is 31.7 Å². The second-order valence-electron chi connectivity index (χ2n) is 11.9. The highest BCUT2D eigenvalue weighted by atomic mass is 35.5. The molecule has 0 aliphatic carbocycles. The molecule has 13 heteroatoms. The normalized spacial score (nSPS) is 18.7. The molecule has 2 aliphatic rings. The number of alkyl halides is 2. The van der Waals surface area contributed by atoms with E-state index in [1.807, 2.05) is 0 Å². The Morgan fingerprint density at radius 1 is 1.30 bits per heavy atom. The van der Waals surface area contributed by atoms with Crippen molar-refractivity contribution in [1.82, 2.24) is 20.2 Å². The van der Waals surface area contributed by atoms with Gasteiger partial charge in [0, 0.05) is 25.5 Å². The van der Waals surface area contributed by atoms with Gasteiger partial charge in [-0.25, -0.2) is 19.2 Å². The van der Waals surface area contributed by atoms with Crippen LogP contribution in [0.4, 0.5) is 23.9 Å². The van der Waals surface area contributed by atoms with E-state index in [4.69, 9.17) is 20.8 Å². The van der Waals surface area contributed by atoms with Crippen molar-refractivity contribution in [3.63, 3.8) is 0 Å². The lowest BCUT2D eigenvalue weighted by atomic mass is 10.0. The monoisotopic (exact) mass is 599 g/mol. The molecule has 3 heterocycles. The van der Waals surface area contributed by atoms with Crippen LogP contribution >= 0.6 is 11.6 Å². The number of benzene rings is 1. The predicted octanol–water partition coefficient (Wildman–Crippen LogP) is 6.24. The Kier molecular flexibility index (Phi) is 9.03. The zero-order valence-corrected chi connectivity index (χ0v) is 25.2. The third-order valence-corrected chi connectivity index (χ3v) is 12.7. The molecule has 4 rings (SSSR count). The molecule has 8 nitrogen and oxygen atoms in total. The van der Waals surface area contributed by atoms with Crippen molar-refractivity contribution in [1.29, 1.82) is 0 Å². The van der Waals surface area contributed by atoms with E-state index in [2.05, 4.69) is 54.5 Å². The van der Waals surface area contributed by atoms with Crippen LogP contribution < -0.4 is 10.6 Å². The number of fused-ring (bicyclic) bond motifs is 1. The van der Waals surface area contributed by atoms with Crippen molar-refractivity contribution in [3.05, 3.63) is 52.1 Å². The Bertz CT molecular complexity index is 1220. The van der Waals surface area contributed by atoms with Gasteiger partial charge in [-0.05, 0) is 48.7 Å². The maximum atomic E-state index is 15.2. The number of amides is 2. The van der Waals surface area contributed by atoms with E-state index in [1.54, 1.807) is 0 Å². The number of urea groups is 1. The lowest BCUT2D eigenvalue weighted by Crippen LogP contribution is -2.50. The summed E-state index contributed by atoms with van der Waals surface area (Å²) in [5, 5.41) is 5.80. The number of nitrogens with one attached hydrogen (secondary N) is 2. The minimum absolute atomic E-state index is 0.0757. The summed E-state index contributed by atoms with van der Waals surface area (Å²) in [6.07, 6.45) is 2.66. The molecule has 1 fully saturated rings. The van der Waals surface area contributed by atoms with E-state index in [0.717, 1.165) is 23.9 Å². The molecule has 1 unspecified atom stereocenters. The molecule has 2 N–H and O–H groups in total. The fourth-order valence-corrected chi connectivity index (χ4v) is 5.55. The Morgan fingerprint density at radius 3 is 2.65 bits per heavy atom. The number of hydrogen-bond acceptors (Lipinski definition) is 6. The fraction of sp³-hybridized carbons (Fsp3) is 0.593. The molecule has 2 aliphatic heterocycles. The zero-order chi connectivity index (χ0) is 29.3. The first kappa shape index (κ1) is 30.5. The summed E-state index contributed by atoms with van der Waals surface area (Å²) in [5.41, 5.74) is 0.292. The van der Waals surface area contributed by atoms with Gasteiger partial charge in [0.05, 0.1) is 42.0 Å². The maximum absolute atomic E-state index is 15.2. The van der Waals surface area contributed by atoms with Crippen molar-refractivity contribution in [3.8, 4) is 0 Å². The number of carbonyl (C=O) groups excluding carboxylic acids is 1. The van der Waals surface area contributed by atoms with E-state index in [0.29, 0.717) is 18.8 Å². The molecule has 2 aromatic rings. The summed E-state index contributed by atoms with van der Waals surface area (Å²) in [5.74, 6) is -3.70. The number of halogens is 4. The summed E-state index contributed by atoms with van der Waals surface area (Å²) < 4.78 is 55.9. The van der Waals surface area contributed by atoms with Crippen LogP contribution in [0, 0.1) is 5.82 Å². The van der Waals surface area contributed by atoms with Crippen LogP contribution in [0.1, 0.15) is 56.5 Å². The molecule has 40 heavy (non-hydrogen) atoms. The van der Waals surface area contributed by atoms with Crippen molar-refractivity contribution >= 4 is 31.9 Å². The SMILES string of the molecule is CC(C)(C)[Si](C)(C)OCC(NC(=O)N1Cc2nc(NC3CCOCC3)ncc2C(F)(F)C1)c1ccc(F)c(Cl)c1. The van der Waals surface area contributed by atoms with Gasteiger partial charge in [-0.1, -0.05) is 38.4 Å². The van der Waals surface area contributed by atoms with Crippen molar-refractivity contribution in [2.45, 2.75) is 76.3 Å². The highest BCUT2D eigenvalue weighted by molar-refractivity contribution is 6.74. The molecular weight excluding hydrogens is 563 g/mol. The predicted molar refractivity (Wildman–Crippen MR) is 150 cm³/mol. The molecule has 0 bridgehead atoms. The topological polar surface area (TPSA) is 88.6 Å². The van der Waals surface area contributed by atoms with Gasteiger partial charge in [-0.15, -0.1) is 0 Å². The van der Waals surface area contributed by atoms with Crippen LogP contribution in [0.15, 0.2) is 24.4 Å². The smallest absolute Gasteiger partial charge is 0.318 e. The van der Waals surface area contributed by atoms with Crippen LogP contribution in [0.25, 0.3) is 0 Å². The number of hydrogen-bond donors (Lipinski definition) is 2. The zero-order valence-electron chi connectivity index (χ0n) is 23.5. The van der Waals surface area contributed by atoms with Crippen LogP contribution in [-0.2, 0) is 21.6 Å². The van der Waals surface area contributed by atoms with Crippen LogP contribution in [0.5, 0.6) is 0 Å². The largest absolute Gasteiger partial charge is 0.414 e. The van der Waals surface area contributed by atoms with Gasteiger partial charge >= 0.3 is 6.03 Å². The fourth-order valence-electron chi connectivity index (χ4n) is 4.34. The van der Waals surface area contributed by atoms with E-state index in [1.165, 1.54) is 18.2 Å². The number of ether oxygens (including phenoxy) is 1. The first-order valence-corrected chi connectivity index (χ1v) is 16.7. The van der Waals surface area contributed by atoms with Gasteiger partial charge in [-0.3, -0.25) is 0 Å². The number of rotatable bonds is 7. The molecule has 1 atom stereocenters. The van der Waals surface area contributed by atoms with E-state index in [-0.39, 0.29) is 46.5 Å². The Labute approximate surface area is 239 Å². The molecule has 1 aromatic carbocycles. The molecular formula is C27H37ClF3N5O3Si. The highest BCUT2D eigenvalue weighted by Gasteiger charge is 2.44. The summed E-state index contributed by atoms with van der Waals surface area (Å²) in [6.45, 7) is 10.7. The Morgan fingerprint density at radius 2 is 2.00 bits per heavy atom. The second-order valence-corrected chi connectivity index (χ2v) is 17.1. The van der Waals surface area contributed by atoms with Gasteiger partial charge in [-0.2, -0.15) is 8.78 Å². The van der Waals surface area contributed by atoms with Crippen molar-refractivity contribution in [2.24, 2.45) is 0 Å². The summed E-state index contributed by atoms with van der Waals surface area (Å²) in [7, 11) is -2.23. The minimum atomic E-state index is -3.34. The third-order valence-electron chi connectivity index (χ3n) is 7.89. The molecule has 0 spiro atoms. The lowest BCUT2D eigenvalue weighted by Gasteiger charge is -2.38. The number of carbonyl (C=O) groups is 1. The third kappa shape index (κ3) is 7.07. The van der Waals surface area contributed by atoms with E-state index < -0.39 is 38.7 Å². The lowest BCUT2D eigenvalue weighted by molar-refractivity contribution is -0.0426. The summed E-state index contributed by atoms with van der Waals surface area (Å²) in [6, 6.07) is 2.75. The molecule has 0 radical (unpaired) electrons. The molecule has 220 valence electrons. The molecule has 0 saturated carbocycles. The van der Waals surface area contributed by atoms with Gasteiger partial charge in [0.25, 0.3) is 5.92 Å². The van der Waals surface area contributed by atoms with E-state index in [9.17, 15) is 9.18 Å². The van der Waals surface area contributed by atoms with Crippen LogP contribution in [-0.4, -0.2) is 61.6 Å². The average molecular weight is 600 g/mol. The van der Waals surface area contributed by atoms with Crippen LogP contribution in [0.3, 0.4) is 0 Å². The second kappa shape index (κ2) is 11.8. The first-order valence-electron chi connectivity index (χ1n) is 13.4. The van der Waals surface area contributed by atoms with Crippen molar-refractivity contribution < 1.29 is 27.1 Å². The number of nitrogens with zero attached hydrogens (tertiary/aromatic N) is 3.